The number of carbonyl (C=O) groups is 1. The Hall–Kier alpha value is -3.01. The summed E-state index contributed by atoms with van der Waals surface area (Å²) in [5.41, 5.74) is 2.74. The molecule has 0 saturated heterocycles. The lowest BCUT2D eigenvalue weighted by atomic mass is 10.0. The van der Waals surface area contributed by atoms with Crippen molar-refractivity contribution in [2.24, 2.45) is 0 Å². The van der Waals surface area contributed by atoms with Gasteiger partial charge in [0, 0.05) is 19.2 Å². The van der Waals surface area contributed by atoms with Crippen molar-refractivity contribution in [1.82, 2.24) is 9.78 Å². The Morgan fingerprint density at radius 1 is 1.23 bits per heavy atom. The van der Waals surface area contributed by atoms with Gasteiger partial charge in [0.15, 0.2) is 0 Å². The highest BCUT2D eigenvalue weighted by molar-refractivity contribution is 7.16. The van der Waals surface area contributed by atoms with Crippen LogP contribution in [0.5, 0.6) is 5.75 Å². The zero-order valence-corrected chi connectivity index (χ0v) is 17.6. The van der Waals surface area contributed by atoms with Crippen LogP contribution in [0.3, 0.4) is 0 Å². The predicted molar refractivity (Wildman–Crippen MR) is 112 cm³/mol. The van der Waals surface area contributed by atoms with Crippen molar-refractivity contribution in [3.8, 4) is 16.9 Å². The SMILES string of the molecule is C[C@H]1CN(c2ccc(C(F)(F)F)s2)C(=O)c2c(-c3ccc4c(c3)OCCN4C)cnn21. The van der Waals surface area contributed by atoms with Gasteiger partial charge in [-0.1, -0.05) is 6.07 Å². The van der Waals surface area contributed by atoms with E-state index >= 15 is 0 Å². The first kappa shape index (κ1) is 19.9. The molecule has 4 heterocycles. The molecule has 0 unspecified atom stereocenters. The molecular weight excluding hydrogens is 429 g/mol. The maximum Gasteiger partial charge on any atom is 0.425 e. The molecule has 0 N–H and O–H groups in total. The van der Waals surface area contributed by atoms with Gasteiger partial charge in [-0.3, -0.25) is 14.4 Å². The molecule has 0 saturated carbocycles. The number of ether oxygens (including phenoxy) is 1. The Morgan fingerprint density at radius 3 is 2.77 bits per heavy atom. The van der Waals surface area contributed by atoms with Crippen molar-refractivity contribution in [3.05, 3.63) is 47.1 Å². The van der Waals surface area contributed by atoms with Crippen LogP contribution in [0.15, 0.2) is 36.5 Å². The molecule has 2 aliphatic rings. The first-order chi connectivity index (χ1) is 14.7. The quantitative estimate of drug-likeness (QED) is 0.571. The van der Waals surface area contributed by atoms with E-state index in [4.69, 9.17) is 4.74 Å². The molecule has 2 aliphatic heterocycles. The lowest BCUT2D eigenvalue weighted by molar-refractivity contribution is -0.134. The van der Waals surface area contributed by atoms with Crippen LogP contribution in [0.2, 0.25) is 0 Å². The summed E-state index contributed by atoms with van der Waals surface area (Å²) < 4.78 is 46.6. The maximum atomic E-state index is 13.4. The van der Waals surface area contributed by atoms with E-state index < -0.39 is 11.1 Å². The van der Waals surface area contributed by atoms with Crippen molar-refractivity contribution < 1.29 is 22.7 Å². The Labute approximate surface area is 180 Å². The Morgan fingerprint density at radius 2 is 2.03 bits per heavy atom. The molecule has 3 aromatic rings. The van der Waals surface area contributed by atoms with Gasteiger partial charge in [0.25, 0.3) is 5.91 Å². The molecule has 0 radical (unpaired) electrons. The largest absolute Gasteiger partial charge is 0.490 e. The molecular formula is C21H19F3N4O2S. The van der Waals surface area contributed by atoms with Crippen molar-refractivity contribution in [2.45, 2.75) is 19.1 Å². The number of aromatic nitrogens is 2. The fourth-order valence-electron chi connectivity index (χ4n) is 4.01. The number of likely N-dealkylation sites (N-methyl/N-ethyl adjacent to an activating group) is 1. The van der Waals surface area contributed by atoms with Gasteiger partial charge in [-0.15, -0.1) is 11.3 Å². The van der Waals surface area contributed by atoms with Gasteiger partial charge in [0.1, 0.15) is 22.9 Å². The molecule has 162 valence electrons. The molecule has 1 aromatic carbocycles. The first-order valence-electron chi connectivity index (χ1n) is 9.79. The van der Waals surface area contributed by atoms with E-state index in [0.717, 1.165) is 29.6 Å². The minimum atomic E-state index is -4.43. The van der Waals surface area contributed by atoms with Crippen molar-refractivity contribution in [3.63, 3.8) is 0 Å². The second-order valence-electron chi connectivity index (χ2n) is 7.70. The topological polar surface area (TPSA) is 50.6 Å². The molecule has 2 aromatic heterocycles. The van der Waals surface area contributed by atoms with E-state index in [1.807, 2.05) is 32.2 Å². The van der Waals surface area contributed by atoms with Gasteiger partial charge < -0.3 is 9.64 Å². The number of alkyl halides is 3. The maximum absolute atomic E-state index is 13.4. The molecule has 0 spiro atoms. The van der Waals surface area contributed by atoms with E-state index in [-0.39, 0.29) is 23.5 Å². The second-order valence-corrected chi connectivity index (χ2v) is 8.77. The zero-order chi connectivity index (χ0) is 21.9. The molecule has 0 fully saturated rings. The van der Waals surface area contributed by atoms with Crippen LogP contribution in [0.4, 0.5) is 23.9 Å². The number of amides is 1. The number of nitrogens with zero attached hydrogens (tertiary/aromatic N) is 4. The summed E-state index contributed by atoms with van der Waals surface area (Å²) in [4.78, 5) is 16.2. The Kier molecular flexibility index (Phi) is 4.51. The summed E-state index contributed by atoms with van der Waals surface area (Å²) in [6.07, 6.45) is -2.80. The van der Waals surface area contributed by atoms with Crippen molar-refractivity contribution in [2.75, 3.05) is 36.5 Å². The van der Waals surface area contributed by atoms with Crippen molar-refractivity contribution >= 4 is 27.9 Å². The third-order valence-electron chi connectivity index (χ3n) is 5.61. The van der Waals surface area contributed by atoms with Gasteiger partial charge in [-0.25, -0.2) is 0 Å². The van der Waals surface area contributed by atoms with Crippen LogP contribution in [-0.4, -0.2) is 42.4 Å². The highest BCUT2D eigenvalue weighted by atomic mass is 32.1. The Bertz CT molecular complexity index is 1170. The van der Waals surface area contributed by atoms with E-state index in [1.54, 1.807) is 10.9 Å². The smallest absolute Gasteiger partial charge is 0.425 e. The summed E-state index contributed by atoms with van der Waals surface area (Å²) in [5, 5.41) is 4.68. The zero-order valence-electron chi connectivity index (χ0n) is 16.8. The Balaban J connectivity index is 1.55. The average molecular weight is 448 g/mol. The van der Waals surface area contributed by atoms with Crippen LogP contribution in [0.25, 0.3) is 11.1 Å². The number of benzene rings is 1. The van der Waals surface area contributed by atoms with Gasteiger partial charge in [0.2, 0.25) is 0 Å². The van der Waals surface area contributed by atoms with Gasteiger partial charge in [-0.05, 0) is 36.8 Å². The molecule has 10 heteroatoms. The molecule has 0 bridgehead atoms. The van der Waals surface area contributed by atoms with Crippen LogP contribution in [0, 0.1) is 0 Å². The second kappa shape index (κ2) is 7.01. The van der Waals surface area contributed by atoms with Gasteiger partial charge in [-0.2, -0.15) is 18.3 Å². The number of carbonyl (C=O) groups excluding carboxylic acids is 1. The number of hydrogen-bond acceptors (Lipinski definition) is 5. The minimum Gasteiger partial charge on any atom is -0.490 e. The number of anilines is 2. The minimum absolute atomic E-state index is 0.183. The monoisotopic (exact) mass is 448 g/mol. The van der Waals surface area contributed by atoms with E-state index in [2.05, 4.69) is 10.00 Å². The van der Waals surface area contributed by atoms with Crippen molar-refractivity contribution in [1.29, 1.82) is 0 Å². The highest BCUT2D eigenvalue weighted by Gasteiger charge is 2.37. The first-order valence-corrected chi connectivity index (χ1v) is 10.6. The molecule has 31 heavy (non-hydrogen) atoms. The van der Waals surface area contributed by atoms with E-state index in [0.29, 0.717) is 29.2 Å². The standard InChI is InChI=1S/C21H19F3N4O2S/c1-12-11-27(18-6-5-17(31-18)21(22,23)24)20(29)19-14(10-25-28(12)19)13-3-4-15-16(9-13)30-8-7-26(15)2/h3-6,9-10,12H,7-8,11H2,1-2H3/t12-/m0/s1. The lowest BCUT2D eigenvalue weighted by Crippen LogP contribution is -2.42. The number of rotatable bonds is 2. The third kappa shape index (κ3) is 3.25. The van der Waals surface area contributed by atoms with Gasteiger partial charge >= 0.3 is 6.18 Å². The molecule has 6 nitrogen and oxygen atoms in total. The number of fused-ring (bicyclic) bond motifs is 2. The summed E-state index contributed by atoms with van der Waals surface area (Å²) in [5.74, 6) is 0.365. The third-order valence-corrected chi connectivity index (χ3v) is 6.76. The summed E-state index contributed by atoms with van der Waals surface area (Å²) in [7, 11) is 1.99. The summed E-state index contributed by atoms with van der Waals surface area (Å²) in [6.45, 7) is 3.51. The van der Waals surface area contributed by atoms with Crippen LogP contribution in [0.1, 0.15) is 28.3 Å². The summed E-state index contributed by atoms with van der Waals surface area (Å²) in [6, 6.07) is 7.92. The highest BCUT2D eigenvalue weighted by Crippen LogP contribution is 2.41. The molecule has 0 aliphatic carbocycles. The number of thiophene rings is 1. The lowest BCUT2D eigenvalue weighted by Gasteiger charge is -2.31. The fourth-order valence-corrected chi connectivity index (χ4v) is 4.89. The van der Waals surface area contributed by atoms with Crippen LogP contribution >= 0.6 is 11.3 Å². The fraction of sp³-hybridized carbons (Fsp3) is 0.333. The van der Waals surface area contributed by atoms with E-state index in [9.17, 15) is 18.0 Å². The van der Waals surface area contributed by atoms with Crippen LogP contribution < -0.4 is 14.5 Å². The van der Waals surface area contributed by atoms with E-state index in [1.165, 1.54) is 11.0 Å². The van der Waals surface area contributed by atoms with Gasteiger partial charge in [0.05, 0.1) is 29.5 Å². The summed E-state index contributed by atoms with van der Waals surface area (Å²) >= 11 is 0.575. The molecule has 1 atom stereocenters. The molecule has 5 rings (SSSR count). The average Bonchev–Trinajstić information content (AvgIpc) is 3.38. The molecule has 1 amide bonds. The number of halogens is 3. The predicted octanol–water partition coefficient (Wildman–Crippen LogP) is 4.68. The van der Waals surface area contributed by atoms with Crippen LogP contribution in [-0.2, 0) is 6.18 Å². The number of hydrogen-bond donors (Lipinski definition) is 0. The normalized spacial score (nSPS) is 18.6.